The van der Waals surface area contributed by atoms with E-state index in [4.69, 9.17) is 5.26 Å². The summed E-state index contributed by atoms with van der Waals surface area (Å²) in [6, 6.07) is 7.47. The molecule has 0 atom stereocenters. The summed E-state index contributed by atoms with van der Waals surface area (Å²) in [6.45, 7) is 1.43. The molecule has 13 heavy (non-hydrogen) atoms. The topological polar surface area (TPSA) is 53.8 Å². The van der Waals surface area contributed by atoms with Crippen LogP contribution >= 0.6 is 0 Å². The van der Waals surface area contributed by atoms with Gasteiger partial charge >= 0.3 is 0 Å². The number of rotatable bonds is 0. The van der Waals surface area contributed by atoms with Gasteiger partial charge in [-0.25, -0.2) is 0 Å². The first-order chi connectivity index (χ1) is 6.15. The minimum atomic E-state index is -0.611. The fourth-order valence-electron chi connectivity index (χ4n) is 0.313. The van der Waals surface area contributed by atoms with Crippen molar-refractivity contribution in [1.82, 2.24) is 4.98 Å². The predicted molar refractivity (Wildman–Crippen MR) is 55.5 cm³/mol. The van der Waals surface area contributed by atoms with Crippen LogP contribution in [0.4, 0.5) is 0 Å². The number of aromatic nitrogens is 1. The molecule has 0 N–H and O–H groups in total. The smallest absolute Gasteiger partial charge is 0.0587 e. The van der Waals surface area contributed by atoms with E-state index in [0.717, 1.165) is 0 Å². The number of pyridine rings is 1. The molecule has 4 heteroatoms. The van der Waals surface area contributed by atoms with Crippen molar-refractivity contribution in [2.24, 2.45) is 0 Å². The minimum Gasteiger partial charge on any atom is -0.265 e. The molecule has 1 heterocycles. The zero-order chi connectivity index (χ0) is 10.5. The highest BCUT2D eigenvalue weighted by molar-refractivity contribution is 7.83. The Labute approximate surface area is 81.9 Å². The van der Waals surface area contributed by atoms with E-state index in [2.05, 4.69) is 4.98 Å². The van der Waals surface area contributed by atoms with Gasteiger partial charge < -0.3 is 0 Å². The van der Waals surface area contributed by atoms with Gasteiger partial charge in [0.05, 0.1) is 6.07 Å². The van der Waals surface area contributed by atoms with Crippen molar-refractivity contribution in [2.45, 2.75) is 6.92 Å². The lowest BCUT2D eigenvalue weighted by atomic mass is 10.5. The van der Waals surface area contributed by atoms with Gasteiger partial charge in [-0.3, -0.25) is 9.19 Å². The van der Waals surface area contributed by atoms with E-state index in [1.807, 2.05) is 18.2 Å². The fraction of sp³-hybridized carbons (Fsp3) is 0.333. The summed E-state index contributed by atoms with van der Waals surface area (Å²) in [6.07, 6.45) is 6.78. The van der Waals surface area contributed by atoms with Crippen molar-refractivity contribution >= 4 is 10.8 Å². The van der Waals surface area contributed by atoms with Crippen LogP contribution in [-0.4, -0.2) is 21.7 Å². The van der Waals surface area contributed by atoms with Crippen LogP contribution in [0.5, 0.6) is 0 Å². The van der Waals surface area contributed by atoms with Crippen LogP contribution in [0.25, 0.3) is 0 Å². The van der Waals surface area contributed by atoms with Crippen molar-refractivity contribution < 1.29 is 4.21 Å². The SMILES string of the molecule is CC#N.CS(C)=O.c1ccncc1. The van der Waals surface area contributed by atoms with E-state index < -0.39 is 10.8 Å². The monoisotopic (exact) mass is 198 g/mol. The van der Waals surface area contributed by atoms with Crippen LogP contribution in [0.3, 0.4) is 0 Å². The predicted octanol–water partition coefficient (Wildman–Crippen LogP) is 1.61. The molecular weight excluding hydrogens is 184 g/mol. The second-order valence-electron chi connectivity index (χ2n) is 1.99. The molecule has 0 aliphatic heterocycles. The number of hydrogen-bond acceptors (Lipinski definition) is 3. The van der Waals surface area contributed by atoms with Gasteiger partial charge in [0.2, 0.25) is 0 Å². The zero-order valence-corrected chi connectivity index (χ0v) is 8.91. The molecule has 1 aromatic rings. The maximum Gasteiger partial charge on any atom is 0.0587 e. The van der Waals surface area contributed by atoms with E-state index in [1.54, 1.807) is 31.0 Å². The molecular formula is C9H14N2OS. The van der Waals surface area contributed by atoms with Crippen LogP contribution in [0.2, 0.25) is 0 Å². The lowest BCUT2D eigenvalue weighted by Gasteiger charge is -1.70. The Kier molecular flexibility index (Phi) is 14.7. The lowest BCUT2D eigenvalue weighted by Crippen LogP contribution is -1.70. The lowest BCUT2D eigenvalue weighted by molar-refractivity contribution is 0.690. The minimum absolute atomic E-state index is 0.611. The highest BCUT2D eigenvalue weighted by atomic mass is 32.2. The Bertz CT molecular complexity index is 213. The largest absolute Gasteiger partial charge is 0.265 e. The maximum absolute atomic E-state index is 9.56. The molecule has 0 unspecified atom stereocenters. The second-order valence-corrected chi connectivity index (χ2v) is 3.47. The molecule has 0 radical (unpaired) electrons. The summed E-state index contributed by atoms with van der Waals surface area (Å²) in [5.41, 5.74) is 0. The fourth-order valence-corrected chi connectivity index (χ4v) is 0.313. The van der Waals surface area contributed by atoms with Crippen molar-refractivity contribution in [3.05, 3.63) is 30.6 Å². The van der Waals surface area contributed by atoms with Gasteiger partial charge in [0, 0.05) is 42.6 Å². The summed E-state index contributed by atoms with van der Waals surface area (Å²) < 4.78 is 9.56. The average Bonchev–Trinajstić information content (AvgIpc) is 2.08. The third-order valence-corrected chi connectivity index (χ3v) is 0.566. The summed E-state index contributed by atoms with van der Waals surface area (Å²) in [5, 5.41) is 7.32. The molecule has 0 aromatic carbocycles. The van der Waals surface area contributed by atoms with Gasteiger partial charge in [-0.05, 0) is 12.1 Å². The third kappa shape index (κ3) is 36.3. The second kappa shape index (κ2) is 13.4. The number of nitrogens with zero attached hydrogens (tertiary/aromatic N) is 2. The summed E-state index contributed by atoms with van der Waals surface area (Å²) in [7, 11) is -0.611. The molecule has 0 aliphatic carbocycles. The molecule has 0 bridgehead atoms. The van der Waals surface area contributed by atoms with Crippen LogP contribution in [0.15, 0.2) is 30.6 Å². The Morgan fingerprint density at radius 1 is 1.23 bits per heavy atom. The molecule has 0 spiro atoms. The third-order valence-electron chi connectivity index (χ3n) is 0.566. The zero-order valence-electron chi connectivity index (χ0n) is 8.10. The van der Waals surface area contributed by atoms with E-state index in [1.165, 1.54) is 6.92 Å². The number of hydrogen-bond donors (Lipinski definition) is 0. The van der Waals surface area contributed by atoms with E-state index >= 15 is 0 Å². The summed E-state index contributed by atoms with van der Waals surface area (Å²) in [4.78, 5) is 3.78. The van der Waals surface area contributed by atoms with E-state index in [-0.39, 0.29) is 0 Å². The highest BCUT2D eigenvalue weighted by Gasteiger charge is 1.58. The maximum atomic E-state index is 9.56. The average molecular weight is 198 g/mol. The van der Waals surface area contributed by atoms with Gasteiger partial charge in [0.1, 0.15) is 0 Å². The quantitative estimate of drug-likeness (QED) is 0.636. The van der Waals surface area contributed by atoms with Gasteiger partial charge in [-0.2, -0.15) is 5.26 Å². The molecule has 1 rings (SSSR count). The first-order valence-electron chi connectivity index (χ1n) is 3.56. The van der Waals surface area contributed by atoms with Crippen molar-refractivity contribution in [1.29, 1.82) is 5.26 Å². The Morgan fingerprint density at radius 2 is 1.54 bits per heavy atom. The van der Waals surface area contributed by atoms with Gasteiger partial charge in [-0.1, -0.05) is 6.07 Å². The molecule has 72 valence electrons. The van der Waals surface area contributed by atoms with Crippen LogP contribution in [0.1, 0.15) is 6.92 Å². The molecule has 0 saturated heterocycles. The van der Waals surface area contributed by atoms with E-state index in [0.29, 0.717) is 0 Å². The van der Waals surface area contributed by atoms with Crippen molar-refractivity contribution in [3.8, 4) is 6.07 Å². The van der Waals surface area contributed by atoms with Gasteiger partial charge in [-0.15, -0.1) is 0 Å². The first kappa shape index (κ1) is 14.3. The van der Waals surface area contributed by atoms with Crippen LogP contribution in [0, 0.1) is 11.3 Å². The Morgan fingerprint density at radius 3 is 1.62 bits per heavy atom. The standard InChI is InChI=1S/C5H5N.C2H3N.C2H6OS/c1-2-4-6-5-3-1;1-2-3;1-4(2)3/h1-5H;1H3;1-2H3. The first-order valence-corrected chi connectivity index (χ1v) is 5.52. The molecule has 1 aromatic heterocycles. The van der Waals surface area contributed by atoms with E-state index in [9.17, 15) is 4.21 Å². The molecule has 3 nitrogen and oxygen atoms in total. The molecule has 0 saturated carbocycles. The summed E-state index contributed by atoms with van der Waals surface area (Å²) >= 11 is 0. The highest BCUT2D eigenvalue weighted by Crippen LogP contribution is 1.73. The molecule has 0 fully saturated rings. The van der Waals surface area contributed by atoms with Gasteiger partial charge in [0.25, 0.3) is 0 Å². The molecule has 0 aliphatic rings. The number of nitriles is 1. The molecule has 0 amide bonds. The van der Waals surface area contributed by atoms with Crippen molar-refractivity contribution in [3.63, 3.8) is 0 Å². The van der Waals surface area contributed by atoms with Crippen LogP contribution in [-0.2, 0) is 10.8 Å². The van der Waals surface area contributed by atoms with Crippen LogP contribution < -0.4 is 0 Å². The summed E-state index contributed by atoms with van der Waals surface area (Å²) in [5.74, 6) is 0. The normalized spacial score (nSPS) is 7.00. The van der Waals surface area contributed by atoms with Crippen molar-refractivity contribution in [2.75, 3.05) is 12.5 Å². The van der Waals surface area contributed by atoms with Gasteiger partial charge in [0.15, 0.2) is 0 Å². The Hall–Kier alpha value is -1.21. The Balaban J connectivity index is 0.